The van der Waals surface area contributed by atoms with Crippen LogP contribution >= 0.6 is 27.3 Å². The van der Waals surface area contributed by atoms with Crippen LogP contribution in [-0.4, -0.2) is 16.8 Å². The second-order valence-electron chi connectivity index (χ2n) is 6.74. The molecule has 0 saturated heterocycles. The number of hydrogen-bond acceptors (Lipinski definition) is 4. The molecular formula is C21H19BrFN3O2S. The van der Waals surface area contributed by atoms with Crippen LogP contribution in [0.25, 0.3) is 0 Å². The van der Waals surface area contributed by atoms with Crippen LogP contribution in [0, 0.1) is 33.5 Å². The van der Waals surface area contributed by atoms with Crippen molar-refractivity contribution < 1.29 is 14.0 Å². The van der Waals surface area contributed by atoms with Crippen LogP contribution in [0.5, 0.6) is 0 Å². The molecule has 2 aromatic carbocycles. The van der Waals surface area contributed by atoms with Crippen LogP contribution in [0.4, 0.5) is 15.2 Å². The topological polar surface area (TPSA) is 71.1 Å². The Morgan fingerprint density at radius 2 is 1.66 bits per heavy atom. The number of carbonyl (C=O) groups excluding carboxylic acids is 2. The van der Waals surface area contributed by atoms with Gasteiger partial charge in [-0.15, -0.1) is 0 Å². The van der Waals surface area contributed by atoms with Crippen LogP contribution in [0.3, 0.4) is 0 Å². The molecule has 0 unspecified atom stereocenters. The molecule has 0 aliphatic heterocycles. The van der Waals surface area contributed by atoms with Gasteiger partial charge in [-0.25, -0.2) is 9.37 Å². The number of rotatable bonds is 4. The Morgan fingerprint density at radius 3 is 2.31 bits per heavy atom. The number of aryl methyl sites for hydroxylation is 4. The minimum absolute atomic E-state index is 0.107. The molecule has 0 aliphatic rings. The molecule has 1 heterocycles. The summed E-state index contributed by atoms with van der Waals surface area (Å²) in [5.41, 5.74) is 4.20. The van der Waals surface area contributed by atoms with Crippen LogP contribution in [0.1, 0.15) is 42.4 Å². The second kappa shape index (κ2) is 8.42. The molecule has 2 amide bonds. The third-order valence-corrected chi connectivity index (χ3v) is 5.88. The van der Waals surface area contributed by atoms with Gasteiger partial charge in [-0.3, -0.25) is 14.9 Å². The van der Waals surface area contributed by atoms with Crippen molar-refractivity contribution in [1.82, 2.24) is 4.98 Å². The lowest BCUT2D eigenvalue weighted by Crippen LogP contribution is -2.14. The van der Waals surface area contributed by atoms with Crippen molar-refractivity contribution in [1.29, 1.82) is 0 Å². The average Bonchev–Trinajstić information content (AvgIpc) is 3.00. The molecule has 2 N–H and O–H groups in total. The number of aromatic nitrogens is 1. The summed E-state index contributed by atoms with van der Waals surface area (Å²) in [6.07, 6.45) is 0. The van der Waals surface area contributed by atoms with E-state index in [0.29, 0.717) is 15.0 Å². The number of hydrogen-bond donors (Lipinski definition) is 2. The molecule has 0 bridgehead atoms. The van der Waals surface area contributed by atoms with Crippen molar-refractivity contribution in [3.05, 3.63) is 73.4 Å². The Kier molecular flexibility index (Phi) is 6.14. The molecule has 0 fully saturated rings. The van der Waals surface area contributed by atoms with Gasteiger partial charge in [-0.05, 0) is 57.0 Å². The first-order valence-corrected chi connectivity index (χ1v) is 10.4. The number of amides is 2. The molecule has 8 heteroatoms. The highest BCUT2D eigenvalue weighted by Gasteiger charge is 2.20. The molecule has 0 spiro atoms. The van der Waals surface area contributed by atoms with Gasteiger partial charge in [-0.2, -0.15) is 0 Å². The van der Waals surface area contributed by atoms with Crippen molar-refractivity contribution >= 4 is 49.9 Å². The lowest BCUT2D eigenvalue weighted by atomic mass is 10.1. The Bertz CT molecular complexity index is 1100. The zero-order chi connectivity index (χ0) is 21.3. The smallest absolute Gasteiger partial charge is 0.267 e. The number of anilines is 2. The molecule has 3 rings (SSSR count). The number of nitrogens with zero attached hydrogens (tertiary/aromatic N) is 1. The summed E-state index contributed by atoms with van der Waals surface area (Å²) < 4.78 is 14.5. The fourth-order valence-corrected chi connectivity index (χ4v) is 4.26. The number of nitrogens with one attached hydrogen (secondary N) is 2. The third-order valence-electron chi connectivity index (χ3n) is 4.31. The normalized spacial score (nSPS) is 10.7. The Morgan fingerprint density at radius 1 is 1.00 bits per heavy atom. The second-order valence-corrected chi connectivity index (χ2v) is 8.65. The Balaban J connectivity index is 1.80. The predicted octanol–water partition coefficient (Wildman–Crippen LogP) is 5.78. The van der Waals surface area contributed by atoms with Gasteiger partial charge in [0.15, 0.2) is 5.13 Å². The zero-order valence-electron chi connectivity index (χ0n) is 16.3. The minimum Gasteiger partial charge on any atom is -0.321 e. The van der Waals surface area contributed by atoms with Crippen LogP contribution in [-0.2, 0) is 0 Å². The minimum atomic E-state index is -0.637. The molecule has 0 radical (unpaired) electrons. The van der Waals surface area contributed by atoms with E-state index in [1.807, 2.05) is 32.9 Å². The monoisotopic (exact) mass is 475 g/mol. The van der Waals surface area contributed by atoms with Gasteiger partial charge in [-0.1, -0.05) is 45.0 Å². The van der Waals surface area contributed by atoms with Gasteiger partial charge in [0.2, 0.25) is 0 Å². The van der Waals surface area contributed by atoms with Gasteiger partial charge in [0.25, 0.3) is 11.8 Å². The number of thiazole rings is 1. The summed E-state index contributed by atoms with van der Waals surface area (Å²) in [5.74, 6) is -1.57. The molecule has 0 saturated carbocycles. The van der Waals surface area contributed by atoms with Gasteiger partial charge < -0.3 is 5.32 Å². The zero-order valence-corrected chi connectivity index (χ0v) is 18.7. The summed E-state index contributed by atoms with van der Waals surface area (Å²) in [4.78, 5) is 29.8. The summed E-state index contributed by atoms with van der Waals surface area (Å²) in [5, 5.41) is 5.73. The fourth-order valence-electron chi connectivity index (χ4n) is 3.04. The van der Waals surface area contributed by atoms with Crippen molar-refractivity contribution in [2.24, 2.45) is 0 Å². The summed E-state index contributed by atoms with van der Waals surface area (Å²) in [7, 11) is 0. The van der Waals surface area contributed by atoms with E-state index in [0.717, 1.165) is 33.7 Å². The number of halogens is 2. The number of benzene rings is 2. The predicted molar refractivity (Wildman–Crippen MR) is 118 cm³/mol. The van der Waals surface area contributed by atoms with Crippen molar-refractivity contribution in [2.45, 2.75) is 27.7 Å². The average molecular weight is 476 g/mol. The standard InChI is InChI=1S/C21H19BrFN3O2S/c1-10-7-11(2)17(12(3)8-10)25-20(28)18-13(4)24-21(29-18)26-19(27)15-9-14(22)5-6-16(15)23/h5-9H,1-4H3,(H,25,28)(H,24,26,27). The van der Waals surface area contributed by atoms with Gasteiger partial charge in [0, 0.05) is 10.2 Å². The van der Waals surface area contributed by atoms with E-state index in [1.165, 1.54) is 18.2 Å². The van der Waals surface area contributed by atoms with Crippen molar-refractivity contribution in [3.63, 3.8) is 0 Å². The molecular weight excluding hydrogens is 457 g/mol. The van der Waals surface area contributed by atoms with Crippen LogP contribution in [0.15, 0.2) is 34.8 Å². The van der Waals surface area contributed by atoms with Gasteiger partial charge >= 0.3 is 0 Å². The maximum Gasteiger partial charge on any atom is 0.267 e. The molecule has 29 heavy (non-hydrogen) atoms. The Hall–Kier alpha value is -2.58. The fraction of sp³-hybridized carbons (Fsp3) is 0.190. The van der Waals surface area contributed by atoms with E-state index in [4.69, 9.17) is 0 Å². The van der Waals surface area contributed by atoms with Crippen molar-refractivity contribution in [3.8, 4) is 0 Å². The molecule has 0 aliphatic carbocycles. The van der Waals surface area contributed by atoms with E-state index in [1.54, 1.807) is 6.92 Å². The molecule has 150 valence electrons. The van der Waals surface area contributed by atoms with E-state index < -0.39 is 11.7 Å². The largest absolute Gasteiger partial charge is 0.321 e. The van der Waals surface area contributed by atoms with Gasteiger partial charge in [0.05, 0.1) is 11.3 Å². The molecule has 0 atom stereocenters. The molecule has 5 nitrogen and oxygen atoms in total. The summed E-state index contributed by atoms with van der Waals surface area (Å²) in [6.45, 7) is 7.57. The highest BCUT2D eigenvalue weighted by atomic mass is 79.9. The van der Waals surface area contributed by atoms with E-state index in [-0.39, 0.29) is 16.6 Å². The molecule has 1 aromatic heterocycles. The first-order chi connectivity index (χ1) is 13.7. The maximum absolute atomic E-state index is 13.9. The highest BCUT2D eigenvalue weighted by Crippen LogP contribution is 2.27. The first kappa shape index (κ1) is 21.1. The first-order valence-electron chi connectivity index (χ1n) is 8.78. The SMILES string of the molecule is Cc1cc(C)c(NC(=O)c2sc(NC(=O)c3cc(Br)ccc3F)nc2C)c(C)c1. The van der Waals surface area contributed by atoms with Crippen molar-refractivity contribution in [2.75, 3.05) is 10.6 Å². The summed E-state index contributed by atoms with van der Waals surface area (Å²) in [6, 6.07) is 8.11. The number of carbonyl (C=O) groups is 2. The van der Waals surface area contributed by atoms with E-state index in [2.05, 4.69) is 31.5 Å². The lowest BCUT2D eigenvalue weighted by molar-refractivity contribution is 0.101. The maximum atomic E-state index is 13.9. The molecule has 3 aromatic rings. The van der Waals surface area contributed by atoms with Gasteiger partial charge in [0.1, 0.15) is 10.7 Å². The lowest BCUT2D eigenvalue weighted by Gasteiger charge is -2.12. The quantitative estimate of drug-likeness (QED) is 0.501. The highest BCUT2D eigenvalue weighted by molar-refractivity contribution is 9.10. The summed E-state index contributed by atoms with van der Waals surface area (Å²) >= 11 is 4.27. The third kappa shape index (κ3) is 4.71. The van der Waals surface area contributed by atoms with Crippen LogP contribution < -0.4 is 10.6 Å². The van der Waals surface area contributed by atoms with E-state index in [9.17, 15) is 14.0 Å². The van der Waals surface area contributed by atoms with E-state index >= 15 is 0 Å². The Labute approximate surface area is 180 Å². The van der Waals surface area contributed by atoms with Crippen LogP contribution in [0.2, 0.25) is 0 Å².